The van der Waals surface area contributed by atoms with Gasteiger partial charge in [-0.1, -0.05) is 16.8 Å². The predicted octanol–water partition coefficient (Wildman–Crippen LogP) is -0.695. The Hall–Kier alpha value is -1.89. The molecule has 0 aliphatic carbocycles. The summed E-state index contributed by atoms with van der Waals surface area (Å²) < 4.78 is 1.70. The van der Waals surface area contributed by atoms with Crippen molar-refractivity contribution in [1.29, 1.82) is 0 Å². The minimum Gasteiger partial charge on any atom is -1.00 e. The Morgan fingerprint density at radius 2 is 1.77 bits per heavy atom. The highest BCUT2D eigenvalue weighted by Gasteiger charge is 2.07. The maximum Gasteiger partial charge on any atom is 0.271 e. The average molecular weight is 409 g/mol. The van der Waals surface area contributed by atoms with Gasteiger partial charge in [0.2, 0.25) is 11.9 Å². The zero-order chi connectivity index (χ0) is 15.2. The number of benzene rings is 1. The smallest absolute Gasteiger partial charge is 0.271 e. The lowest BCUT2D eigenvalue weighted by molar-refractivity contribution is -0.644. The van der Waals surface area contributed by atoms with E-state index in [0.717, 1.165) is 11.3 Å². The number of rotatable bonds is 4. The van der Waals surface area contributed by atoms with E-state index in [-0.39, 0.29) is 29.9 Å². The Kier molecular flexibility index (Phi) is 7.04. The molecule has 2 rings (SSSR count). The summed E-state index contributed by atoms with van der Waals surface area (Å²) in [4.78, 5) is 13.2. The van der Waals surface area contributed by atoms with Crippen molar-refractivity contribution in [3.05, 3.63) is 59.9 Å². The molecule has 1 amide bonds. The molecule has 0 fully saturated rings. The van der Waals surface area contributed by atoms with Crippen LogP contribution in [-0.4, -0.2) is 20.0 Å². The maximum atomic E-state index is 11.2. The van der Waals surface area contributed by atoms with Crippen LogP contribution in [-0.2, 0) is 4.79 Å². The highest BCUT2D eigenvalue weighted by Crippen LogP contribution is 2.13. The summed E-state index contributed by atoms with van der Waals surface area (Å²) in [5, 5.41) is 0. The van der Waals surface area contributed by atoms with Gasteiger partial charge in [-0.15, -0.1) is 5.43 Å². The molecule has 1 heterocycles. The van der Waals surface area contributed by atoms with Gasteiger partial charge in [0.1, 0.15) is 0 Å². The maximum absolute atomic E-state index is 11.2. The molecule has 1 aromatic heterocycles. The van der Waals surface area contributed by atoms with Crippen LogP contribution in [0.4, 0.5) is 5.69 Å². The SMILES string of the molecule is CC(=O)N[n+]1ccccc1C=Cc1ccc(N(C)C)cc1.[I-]. The molecule has 0 radical (unpaired) electrons. The van der Waals surface area contributed by atoms with Crippen LogP contribution in [0.3, 0.4) is 0 Å². The molecule has 0 aliphatic rings. The fraction of sp³-hybridized carbons (Fsp3) is 0.176. The molecule has 22 heavy (non-hydrogen) atoms. The number of hydrogen-bond acceptors (Lipinski definition) is 2. The number of hydrogen-bond donors (Lipinski definition) is 1. The van der Waals surface area contributed by atoms with Gasteiger partial charge in [0.05, 0.1) is 0 Å². The Morgan fingerprint density at radius 3 is 2.36 bits per heavy atom. The van der Waals surface area contributed by atoms with E-state index in [2.05, 4.69) is 34.6 Å². The second-order valence-electron chi connectivity index (χ2n) is 4.98. The first-order valence-corrected chi connectivity index (χ1v) is 6.80. The van der Waals surface area contributed by atoms with E-state index in [0.29, 0.717) is 0 Å². The van der Waals surface area contributed by atoms with Crippen molar-refractivity contribution in [3.8, 4) is 0 Å². The Bertz CT molecular complexity index is 651. The average Bonchev–Trinajstić information content (AvgIpc) is 2.46. The monoisotopic (exact) mass is 409 g/mol. The number of carbonyl (C=O) groups is 1. The van der Waals surface area contributed by atoms with Crippen LogP contribution in [0.25, 0.3) is 12.2 Å². The first kappa shape index (κ1) is 18.2. The molecule has 1 N–H and O–H groups in total. The molecule has 0 spiro atoms. The minimum atomic E-state index is -0.101. The van der Waals surface area contributed by atoms with Crippen molar-refractivity contribution in [3.63, 3.8) is 0 Å². The van der Waals surface area contributed by atoms with E-state index in [1.54, 1.807) is 4.68 Å². The summed E-state index contributed by atoms with van der Waals surface area (Å²) in [7, 11) is 4.04. The number of pyridine rings is 1. The van der Waals surface area contributed by atoms with Gasteiger partial charge in [0.25, 0.3) is 5.91 Å². The summed E-state index contributed by atoms with van der Waals surface area (Å²) in [6.07, 6.45) is 5.81. The quantitative estimate of drug-likeness (QED) is 0.536. The fourth-order valence-corrected chi connectivity index (χ4v) is 1.93. The first-order chi connectivity index (χ1) is 10.1. The third kappa shape index (κ3) is 5.14. The van der Waals surface area contributed by atoms with Crippen LogP contribution in [0.1, 0.15) is 18.2 Å². The van der Waals surface area contributed by atoms with E-state index < -0.39 is 0 Å². The van der Waals surface area contributed by atoms with Crippen LogP contribution in [0.5, 0.6) is 0 Å². The van der Waals surface area contributed by atoms with Crippen molar-refractivity contribution in [1.82, 2.24) is 0 Å². The van der Waals surface area contributed by atoms with E-state index in [9.17, 15) is 4.79 Å². The van der Waals surface area contributed by atoms with Crippen LogP contribution in [0.2, 0.25) is 0 Å². The summed E-state index contributed by atoms with van der Waals surface area (Å²) in [5.41, 5.74) is 5.94. The van der Waals surface area contributed by atoms with Crippen LogP contribution < -0.4 is 39.0 Å². The lowest BCUT2D eigenvalue weighted by atomic mass is 10.1. The Balaban J connectivity index is 0.00000242. The first-order valence-electron chi connectivity index (χ1n) is 6.80. The summed E-state index contributed by atoms with van der Waals surface area (Å²) in [5.74, 6) is -0.101. The van der Waals surface area contributed by atoms with Gasteiger partial charge in [-0.25, -0.2) is 0 Å². The number of nitrogens with one attached hydrogen (secondary N) is 1. The molecule has 4 nitrogen and oxygen atoms in total. The van der Waals surface area contributed by atoms with Gasteiger partial charge >= 0.3 is 0 Å². The largest absolute Gasteiger partial charge is 1.00 e. The number of amides is 1. The molecule has 5 heteroatoms. The van der Waals surface area contributed by atoms with E-state index in [1.165, 1.54) is 12.6 Å². The van der Waals surface area contributed by atoms with Crippen LogP contribution in [0.15, 0.2) is 48.7 Å². The number of halogens is 1. The second kappa shape index (κ2) is 8.53. The molecule has 1 aromatic carbocycles. The van der Waals surface area contributed by atoms with E-state index in [4.69, 9.17) is 0 Å². The lowest BCUT2D eigenvalue weighted by Gasteiger charge is -2.11. The predicted molar refractivity (Wildman–Crippen MR) is 86.4 cm³/mol. The number of nitrogens with zero attached hydrogens (tertiary/aromatic N) is 2. The number of carbonyl (C=O) groups excluding carboxylic acids is 1. The molecule has 0 saturated heterocycles. The Labute approximate surface area is 148 Å². The van der Waals surface area contributed by atoms with E-state index >= 15 is 0 Å². The van der Waals surface area contributed by atoms with Crippen molar-refractivity contribution in [2.24, 2.45) is 0 Å². The summed E-state index contributed by atoms with van der Waals surface area (Å²) in [6, 6.07) is 14.0. The van der Waals surface area contributed by atoms with Crippen molar-refractivity contribution >= 4 is 23.7 Å². The molecule has 0 bridgehead atoms. The van der Waals surface area contributed by atoms with Crippen LogP contribution >= 0.6 is 0 Å². The topological polar surface area (TPSA) is 36.2 Å². The minimum absolute atomic E-state index is 0. The normalized spacial score (nSPS) is 10.1. The van der Waals surface area contributed by atoms with Crippen molar-refractivity contribution in [2.75, 3.05) is 24.4 Å². The molecular formula is C17H20IN3O. The molecule has 116 valence electrons. The van der Waals surface area contributed by atoms with E-state index in [1.807, 2.05) is 50.6 Å². The zero-order valence-corrected chi connectivity index (χ0v) is 15.1. The summed E-state index contributed by atoms with van der Waals surface area (Å²) >= 11 is 0. The molecule has 2 aromatic rings. The third-order valence-electron chi connectivity index (χ3n) is 3.03. The third-order valence-corrected chi connectivity index (χ3v) is 3.03. The summed E-state index contributed by atoms with van der Waals surface area (Å²) in [6.45, 7) is 1.49. The van der Waals surface area contributed by atoms with Gasteiger partial charge in [-0.05, 0) is 29.8 Å². The molecule has 0 atom stereocenters. The van der Waals surface area contributed by atoms with Crippen molar-refractivity contribution < 1.29 is 33.4 Å². The standard InChI is InChI=1S/C17H19N3O.HI/c1-14(21)18-20-13-5-4-6-17(20)12-9-15-7-10-16(11-8-15)19(2)3;/h4-13H,1-3H3;1H. The number of anilines is 1. The van der Waals surface area contributed by atoms with Gasteiger partial charge in [0.15, 0.2) is 0 Å². The molecule has 0 saturated carbocycles. The Morgan fingerprint density at radius 1 is 1.09 bits per heavy atom. The van der Waals surface area contributed by atoms with Crippen molar-refractivity contribution in [2.45, 2.75) is 6.92 Å². The highest BCUT2D eigenvalue weighted by molar-refractivity contribution is 5.79. The lowest BCUT2D eigenvalue weighted by Crippen LogP contribution is -3.00. The second-order valence-corrected chi connectivity index (χ2v) is 4.98. The van der Waals surface area contributed by atoms with Crippen LogP contribution in [0, 0.1) is 0 Å². The zero-order valence-electron chi connectivity index (χ0n) is 13.0. The number of aromatic nitrogens is 1. The molecular weight excluding hydrogens is 389 g/mol. The molecule has 0 aliphatic heterocycles. The van der Waals surface area contributed by atoms with Gasteiger partial charge in [-0.2, -0.15) is 0 Å². The van der Waals surface area contributed by atoms with Gasteiger partial charge in [-0.3, -0.25) is 4.79 Å². The van der Waals surface area contributed by atoms with Gasteiger partial charge in [0, 0.05) is 44.9 Å². The fourth-order valence-electron chi connectivity index (χ4n) is 1.93. The van der Waals surface area contributed by atoms with Gasteiger partial charge < -0.3 is 28.9 Å². The molecule has 0 unspecified atom stereocenters. The highest BCUT2D eigenvalue weighted by atomic mass is 127.